The minimum Gasteiger partial charge on any atom is -0.309 e. The van der Waals surface area contributed by atoms with Crippen LogP contribution in [-0.4, -0.2) is 0 Å². The van der Waals surface area contributed by atoms with Crippen molar-refractivity contribution in [2.45, 2.75) is 103 Å². The summed E-state index contributed by atoms with van der Waals surface area (Å²) >= 11 is 0. The Morgan fingerprint density at radius 3 is 1.11 bits per heavy atom. The second-order valence-corrected chi connectivity index (χ2v) is 20.2. The van der Waals surface area contributed by atoms with Gasteiger partial charge in [-0.25, -0.2) is 0 Å². The predicted molar refractivity (Wildman–Crippen MR) is 285 cm³/mol. The maximum Gasteiger partial charge on any atom is 0.0543 e. The van der Waals surface area contributed by atoms with Crippen LogP contribution in [0.25, 0.3) is 53.9 Å². The van der Waals surface area contributed by atoms with E-state index in [1.54, 1.807) is 0 Å². The van der Waals surface area contributed by atoms with Gasteiger partial charge in [0, 0.05) is 32.9 Å². The Hall–Kier alpha value is -6.64. The fourth-order valence-electron chi connectivity index (χ4n) is 12.3. The number of nitrogens with zero attached hydrogens (tertiary/aromatic N) is 2. The molecule has 0 radical (unpaired) electrons. The number of anilines is 6. The molecule has 0 aliphatic heterocycles. The standard InChI is InChI=1S/C64H60N2/c1-41(2)57-39-61(65(59-25-13-21-47-19-9-11-23-51(47)59)49-31-27-45(28-32-49)43-15-5-6-16-43)55-38-36-54-58(42(3)4)40-62(56-37-35-53(57)63(55)64(54)56)66(60-26-14-22-48-20-10-12-24-52(48)60)50-33-29-46(30-34-50)44-17-7-8-18-44/h9-14,19-44H,5-8,15-18H2,1-4H3. The Balaban J connectivity index is 1.16. The van der Waals surface area contributed by atoms with Gasteiger partial charge in [0.25, 0.3) is 0 Å². The molecule has 2 fully saturated rings. The molecule has 0 aromatic heterocycles. The van der Waals surface area contributed by atoms with Crippen molar-refractivity contribution >= 4 is 88.0 Å². The normalized spacial score (nSPS) is 14.9. The van der Waals surface area contributed by atoms with Crippen LogP contribution < -0.4 is 9.80 Å². The van der Waals surface area contributed by atoms with E-state index in [2.05, 4.69) is 207 Å². The molecule has 0 heterocycles. The van der Waals surface area contributed by atoms with Gasteiger partial charge in [-0.3, -0.25) is 0 Å². The summed E-state index contributed by atoms with van der Waals surface area (Å²) < 4.78 is 0. The topological polar surface area (TPSA) is 6.48 Å². The summed E-state index contributed by atoms with van der Waals surface area (Å²) in [4.78, 5) is 5.16. The fourth-order valence-corrected chi connectivity index (χ4v) is 12.3. The smallest absolute Gasteiger partial charge is 0.0543 e. The summed E-state index contributed by atoms with van der Waals surface area (Å²) in [5.74, 6) is 1.94. The molecule has 2 aliphatic rings. The van der Waals surface area contributed by atoms with Gasteiger partial charge in [0.1, 0.15) is 0 Å². The number of hydrogen-bond donors (Lipinski definition) is 0. The Morgan fingerprint density at radius 2 is 0.712 bits per heavy atom. The van der Waals surface area contributed by atoms with E-state index in [-0.39, 0.29) is 0 Å². The van der Waals surface area contributed by atoms with Gasteiger partial charge in [-0.05, 0) is 152 Å². The molecule has 0 atom stereocenters. The van der Waals surface area contributed by atoms with Crippen LogP contribution in [0, 0.1) is 0 Å². The number of hydrogen-bond acceptors (Lipinski definition) is 2. The van der Waals surface area contributed by atoms with Crippen molar-refractivity contribution in [3.63, 3.8) is 0 Å². The first-order valence-electron chi connectivity index (χ1n) is 25.0. The van der Waals surface area contributed by atoms with Gasteiger partial charge in [0.2, 0.25) is 0 Å². The van der Waals surface area contributed by atoms with E-state index in [0.29, 0.717) is 23.7 Å². The summed E-state index contributed by atoms with van der Waals surface area (Å²) in [7, 11) is 0. The molecule has 0 bridgehead atoms. The SMILES string of the molecule is CC(C)c1cc(N(c2ccc(C3CCCC3)cc2)c2cccc3ccccc23)c2ccc3c(C(C)C)cc(N(c4ccc(C5CCCC5)cc4)c4cccc5ccccc45)c4ccc1c2c34. The second kappa shape index (κ2) is 16.7. The highest BCUT2D eigenvalue weighted by molar-refractivity contribution is 6.30. The lowest BCUT2D eigenvalue weighted by molar-refractivity contribution is 0.723. The molecule has 326 valence electrons. The van der Waals surface area contributed by atoms with Crippen LogP contribution in [-0.2, 0) is 0 Å². The monoisotopic (exact) mass is 856 g/mol. The quantitative estimate of drug-likeness (QED) is 0.126. The highest BCUT2D eigenvalue weighted by atomic mass is 15.2. The van der Waals surface area contributed by atoms with Gasteiger partial charge in [-0.1, -0.05) is 175 Å². The van der Waals surface area contributed by atoms with Crippen LogP contribution in [0.1, 0.15) is 125 Å². The second-order valence-electron chi connectivity index (χ2n) is 20.2. The minimum absolute atomic E-state index is 0.307. The minimum atomic E-state index is 0.307. The van der Waals surface area contributed by atoms with E-state index in [4.69, 9.17) is 0 Å². The Morgan fingerprint density at radius 1 is 0.348 bits per heavy atom. The van der Waals surface area contributed by atoms with Crippen LogP contribution in [0.2, 0.25) is 0 Å². The largest absolute Gasteiger partial charge is 0.309 e. The highest BCUT2D eigenvalue weighted by Crippen LogP contribution is 2.52. The number of benzene rings is 10. The lowest BCUT2D eigenvalue weighted by atomic mass is 9.84. The van der Waals surface area contributed by atoms with Crippen molar-refractivity contribution in [2.75, 3.05) is 9.80 Å². The summed E-state index contributed by atoms with van der Waals surface area (Å²) in [6, 6.07) is 65.6. The molecular formula is C64H60N2. The zero-order valence-electron chi connectivity index (χ0n) is 39.0. The Labute approximate surface area is 390 Å². The maximum absolute atomic E-state index is 2.58. The van der Waals surface area contributed by atoms with E-state index >= 15 is 0 Å². The molecule has 0 unspecified atom stereocenters. The first-order chi connectivity index (χ1) is 32.4. The van der Waals surface area contributed by atoms with E-state index in [1.165, 1.54) is 162 Å². The molecular weight excluding hydrogens is 797 g/mol. The summed E-state index contributed by atoms with van der Waals surface area (Å²) in [5, 5.41) is 13.0. The summed E-state index contributed by atoms with van der Waals surface area (Å²) in [5.41, 5.74) is 13.0. The molecule has 2 nitrogen and oxygen atoms in total. The Kier molecular flexibility index (Phi) is 10.3. The van der Waals surface area contributed by atoms with Crippen LogP contribution in [0.15, 0.2) is 170 Å². The first-order valence-corrected chi connectivity index (χ1v) is 25.0. The molecule has 0 spiro atoms. The first kappa shape index (κ1) is 40.8. The van der Waals surface area contributed by atoms with Crippen LogP contribution >= 0.6 is 0 Å². The van der Waals surface area contributed by atoms with Gasteiger partial charge < -0.3 is 9.80 Å². The van der Waals surface area contributed by atoms with Crippen LogP contribution in [0.5, 0.6) is 0 Å². The van der Waals surface area contributed by atoms with Gasteiger partial charge in [0.05, 0.1) is 22.7 Å². The maximum atomic E-state index is 2.58. The molecule has 2 saturated carbocycles. The van der Waals surface area contributed by atoms with Crippen LogP contribution in [0.3, 0.4) is 0 Å². The van der Waals surface area contributed by atoms with Crippen LogP contribution in [0.4, 0.5) is 34.1 Å². The lowest BCUT2D eigenvalue weighted by Gasteiger charge is -2.32. The van der Waals surface area contributed by atoms with Crippen molar-refractivity contribution in [3.05, 3.63) is 192 Å². The molecule has 0 N–H and O–H groups in total. The number of fused-ring (bicyclic) bond motifs is 2. The number of rotatable bonds is 10. The van der Waals surface area contributed by atoms with Crippen molar-refractivity contribution in [3.8, 4) is 0 Å². The van der Waals surface area contributed by atoms with E-state index in [1.807, 2.05) is 0 Å². The average molecular weight is 857 g/mol. The van der Waals surface area contributed by atoms with Gasteiger partial charge in [0.15, 0.2) is 0 Å². The van der Waals surface area contributed by atoms with Crippen molar-refractivity contribution in [1.29, 1.82) is 0 Å². The summed E-state index contributed by atoms with van der Waals surface area (Å²) in [6.07, 6.45) is 10.5. The molecule has 2 heteroatoms. The predicted octanol–water partition coefficient (Wildman–Crippen LogP) is 19.4. The fraction of sp³-hybridized carbons (Fsp3) is 0.250. The van der Waals surface area contributed by atoms with Gasteiger partial charge >= 0.3 is 0 Å². The third-order valence-electron chi connectivity index (χ3n) is 15.6. The molecule has 66 heavy (non-hydrogen) atoms. The summed E-state index contributed by atoms with van der Waals surface area (Å²) in [6.45, 7) is 9.49. The molecule has 2 aliphatic carbocycles. The van der Waals surface area contributed by atoms with E-state index in [0.717, 1.165) is 0 Å². The van der Waals surface area contributed by atoms with Crippen molar-refractivity contribution in [2.24, 2.45) is 0 Å². The zero-order valence-corrected chi connectivity index (χ0v) is 39.0. The lowest BCUT2D eigenvalue weighted by Crippen LogP contribution is -2.13. The molecule has 0 amide bonds. The highest BCUT2D eigenvalue weighted by Gasteiger charge is 2.28. The third kappa shape index (κ3) is 6.83. The van der Waals surface area contributed by atoms with Gasteiger partial charge in [-0.15, -0.1) is 0 Å². The molecule has 12 rings (SSSR count). The zero-order chi connectivity index (χ0) is 44.5. The van der Waals surface area contributed by atoms with Gasteiger partial charge in [-0.2, -0.15) is 0 Å². The van der Waals surface area contributed by atoms with E-state index in [9.17, 15) is 0 Å². The molecule has 10 aromatic rings. The van der Waals surface area contributed by atoms with E-state index < -0.39 is 0 Å². The molecule has 0 saturated heterocycles. The average Bonchev–Trinajstić information content (AvgIpc) is 4.11. The van der Waals surface area contributed by atoms with Crippen molar-refractivity contribution < 1.29 is 0 Å². The Bertz CT molecular complexity index is 3140. The third-order valence-corrected chi connectivity index (χ3v) is 15.6. The van der Waals surface area contributed by atoms with Crippen molar-refractivity contribution in [1.82, 2.24) is 0 Å². The molecule has 10 aromatic carbocycles.